The quantitative estimate of drug-likeness (QED) is 0.898. The van der Waals surface area contributed by atoms with Gasteiger partial charge in [0.25, 0.3) is 0 Å². The van der Waals surface area contributed by atoms with Gasteiger partial charge in [-0.25, -0.2) is 4.98 Å². The molecule has 0 spiro atoms. The molecular formula is C17H27N3O2S. The van der Waals surface area contributed by atoms with Crippen LogP contribution in [0.5, 0.6) is 0 Å². The number of aromatic nitrogens is 1. The van der Waals surface area contributed by atoms with Gasteiger partial charge in [-0.15, -0.1) is 11.3 Å². The first-order valence-electron chi connectivity index (χ1n) is 8.12. The van der Waals surface area contributed by atoms with Crippen LogP contribution in [0.25, 0.3) is 0 Å². The smallest absolute Gasteiger partial charge is 0.228 e. The number of rotatable bonds is 5. The van der Waals surface area contributed by atoms with Crippen LogP contribution in [0.3, 0.4) is 0 Å². The highest BCUT2D eigenvalue weighted by atomic mass is 32.1. The van der Waals surface area contributed by atoms with Crippen LogP contribution in [0.4, 0.5) is 5.13 Å². The highest BCUT2D eigenvalue weighted by Gasteiger charge is 2.28. The summed E-state index contributed by atoms with van der Waals surface area (Å²) in [6, 6.07) is 0. The maximum absolute atomic E-state index is 12.3. The number of nitrogens with one attached hydrogen (secondary N) is 1. The first kappa shape index (κ1) is 17.9. The SMILES string of the molecule is CC(C)(C)CC(C)(C)NC(=O)Cc1csc(N2CCCC2=O)n1. The lowest BCUT2D eigenvalue weighted by molar-refractivity contribution is -0.122. The van der Waals surface area contributed by atoms with Crippen molar-refractivity contribution < 1.29 is 9.59 Å². The molecule has 1 aromatic rings. The predicted molar refractivity (Wildman–Crippen MR) is 93.7 cm³/mol. The molecular weight excluding hydrogens is 310 g/mol. The lowest BCUT2D eigenvalue weighted by Crippen LogP contribution is -2.46. The number of nitrogens with zero attached hydrogens (tertiary/aromatic N) is 2. The minimum atomic E-state index is -0.251. The van der Waals surface area contributed by atoms with Crippen molar-refractivity contribution >= 4 is 28.3 Å². The molecule has 6 heteroatoms. The third-order valence-electron chi connectivity index (χ3n) is 3.64. The molecule has 1 fully saturated rings. The number of carbonyl (C=O) groups excluding carboxylic acids is 2. The molecule has 0 aromatic carbocycles. The summed E-state index contributed by atoms with van der Waals surface area (Å²) in [5.74, 6) is 0.102. The Balaban J connectivity index is 1.93. The molecule has 23 heavy (non-hydrogen) atoms. The van der Waals surface area contributed by atoms with E-state index < -0.39 is 0 Å². The van der Waals surface area contributed by atoms with Crippen LogP contribution in [0, 0.1) is 5.41 Å². The summed E-state index contributed by atoms with van der Waals surface area (Å²) in [6.07, 6.45) is 2.63. The van der Waals surface area contributed by atoms with E-state index in [0.717, 1.165) is 25.1 Å². The molecule has 1 N–H and O–H groups in total. The molecule has 1 saturated heterocycles. The number of hydrogen-bond acceptors (Lipinski definition) is 4. The number of anilines is 1. The van der Waals surface area contributed by atoms with Crippen molar-refractivity contribution in [1.82, 2.24) is 10.3 Å². The molecule has 0 radical (unpaired) electrons. The van der Waals surface area contributed by atoms with Gasteiger partial charge < -0.3 is 5.32 Å². The van der Waals surface area contributed by atoms with Gasteiger partial charge >= 0.3 is 0 Å². The van der Waals surface area contributed by atoms with Crippen molar-refractivity contribution in [1.29, 1.82) is 0 Å². The average Bonchev–Trinajstić information content (AvgIpc) is 2.93. The first-order chi connectivity index (χ1) is 10.6. The van der Waals surface area contributed by atoms with Gasteiger partial charge in [0.05, 0.1) is 12.1 Å². The number of amides is 2. The van der Waals surface area contributed by atoms with Crippen LogP contribution in [-0.2, 0) is 16.0 Å². The van der Waals surface area contributed by atoms with E-state index in [4.69, 9.17) is 0 Å². The van der Waals surface area contributed by atoms with Gasteiger partial charge in [-0.2, -0.15) is 0 Å². The van der Waals surface area contributed by atoms with E-state index in [1.54, 1.807) is 4.90 Å². The summed E-state index contributed by atoms with van der Waals surface area (Å²) in [7, 11) is 0. The van der Waals surface area contributed by atoms with Crippen LogP contribution in [0.2, 0.25) is 0 Å². The zero-order valence-corrected chi connectivity index (χ0v) is 15.5. The van der Waals surface area contributed by atoms with E-state index >= 15 is 0 Å². The zero-order valence-electron chi connectivity index (χ0n) is 14.7. The van der Waals surface area contributed by atoms with E-state index in [1.807, 2.05) is 19.2 Å². The number of hydrogen-bond donors (Lipinski definition) is 1. The van der Waals surface area contributed by atoms with Crippen molar-refractivity contribution in [3.63, 3.8) is 0 Å². The van der Waals surface area contributed by atoms with Gasteiger partial charge in [-0.05, 0) is 32.1 Å². The Kier molecular flexibility index (Phi) is 5.14. The third-order valence-corrected chi connectivity index (χ3v) is 4.55. The minimum Gasteiger partial charge on any atom is -0.351 e. The fraction of sp³-hybridized carbons (Fsp3) is 0.706. The van der Waals surface area contributed by atoms with Crippen molar-refractivity contribution in [3.05, 3.63) is 11.1 Å². The summed E-state index contributed by atoms with van der Waals surface area (Å²) in [4.78, 5) is 30.2. The molecule has 2 amide bonds. The summed E-state index contributed by atoms with van der Waals surface area (Å²) in [5, 5.41) is 5.68. The Hall–Kier alpha value is -1.43. The topological polar surface area (TPSA) is 62.3 Å². The second-order valence-corrected chi connectivity index (χ2v) is 8.95. The standard InChI is InChI=1S/C17H27N3O2S/c1-16(2,3)11-17(4,5)19-13(21)9-12-10-23-15(18-12)20-8-6-7-14(20)22/h10H,6-9,11H2,1-5H3,(H,19,21). The molecule has 0 atom stereocenters. The largest absolute Gasteiger partial charge is 0.351 e. The molecule has 5 nitrogen and oxygen atoms in total. The third kappa shape index (κ3) is 5.30. The average molecular weight is 337 g/mol. The normalized spacial score (nSPS) is 16.0. The zero-order chi connectivity index (χ0) is 17.3. The fourth-order valence-corrected chi connectivity index (χ4v) is 4.18. The van der Waals surface area contributed by atoms with Gasteiger partial charge in [0, 0.05) is 23.9 Å². The number of carbonyl (C=O) groups is 2. The Morgan fingerprint density at radius 3 is 2.61 bits per heavy atom. The van der Waals surface area contributed by atoms with Gasteiger partial charge in [-0.3, -0.25) is 14.5 Å². The molecule has 2 heterocycles. The Morgan fingerprint density at radius 1 is 1.35 bits per heavy atom. The van der Waals surface area contributed by atoms with Crippen molar-refractivity contribution in [2.45, 2.75) is 65.8 Å². The molecule has 1 aliphatic rings. The van der Waals surface area contributed by atoms with E-state index in [9.17, 15) is 9.59 Å². The van der Waals surface area contributed by atoms with Gasteiger partial charge in [0.15, 0.2) is 5.13 Å². The van der Waals surface area contributed by atoms with Gasteiger partial charge in [-0.1, -0.05) is 20.8 Å². The molecule has 1 aliphatic heterocycles. The van der Waals surface area contributed by atoms with Gasteiger partial charge in [0.1, 0.15) is 0 Å². The van der Waals surface area contributed by atoms with Crippen LogP contribution < -0.4 is 10.2 Å². The molecule has 0 saturated carbocycles. The highest BCUT2D eigenvalue weighted by molar-refractivity contribution is 7.14. The lowest BCUT2D eigenvalue weighted by atomic mass is 9.82. The second kappa shape index (κ2) is 6.59. The Labute approximate surface area is 142 Å². The maximum Gasteiger partial charge on any atom is 0.228 e. The fourth-order valence-electron chi connectivity index (χ4n) is 3.31. The van der Waals surface area contributed by atoms with Crippen LogP contribution in [0.1, 0.15) is 59.6 Å². The van der Waals surface area contributed by atoms with Gasteiger partial charge in [0.2, 0.25) is 11.8 Å². The van der Waals surface area contributed by atoms with Crippen molar-refractivity contribution in [2.24, 2.45) is 5.41 Å². The monoisotopic (exact) mass is 337 g/mol. The van der Waals surface area contributed by atoms with E-state index in [1.165, 1.54) is 11.3 Å². The van der Waals surface area contributed by atoms with Crippen LogP contribution in [-0.4, -0.2) is 28.9 Å². The highest BCUT2D eigenvalue weighted by Crippen LogP contribution is 2.27. The van der Waals surface area contributed by atoms with E-state index in [0.29, 0.717) is 11.6 Å². The maximum atomic E-state index is 12.3. The summed E-state index contributed by atoms with van der Waals surface area (Å²) in [6.45, 7) is 11.3. The lowest BCUT2D eigenvalue weighted by Gasteiger charge is -2.33. The second-order valence-electron chi connectivity index (χ2n) is 8.12. The molecule has 0 bridgehead atoms. The molecule has 0 unspecified atom stereocenters. The van der Waals surface area contributed by atoms with Crippen LogP contribution in [0.15, 0.2) is 5.38 Å². The van der Waals surface area contributed by atoms with Crippen molar-refractivity contribution in [3.8, 4) is 0 Å². The summed E-state index contributed by atoms with van der Waals surface area (Å²) >= 11 is 1.43. The molecule has 1 aromatic heterocycles. The van der Waals surface area contributed by atoms with E-state index in [-0.39, 0.29) is 29.2 Å². The van der Waals surface area contributed by atoms with Crippen LogP contribution >= 0.6 is 11.3 Å². The Bertz CT molecular complexity index is 587. The minimum absolute atomic E-state index is 0.0242. The molecule has 0 aliphatic carbocycles. The summed E-state index contributed by atoms with van der Waals surface area (Å²) < 4.78 is 0. The Morgan fingerprint density at radius 2 is 2.04 bits per heavy atom. The summed E-state index contributed by atoms with van der Waals surface area (Å²) in [5.41, 5.74) is 0.633. The first-order valence-corrected chi connectivity index (χ1v) is 8.99. The predicted octanol–water partition coefficient (Wildman–Crippen LogP) is 3.14. The number of thiazole rings is 1. The molecule has 2 rings (SSSR count). The molecule has 128 valence electrons. The van der Waals surface area contributed by atoms with Crippen molar-refractivity contribution in [2.75, 3.05) is 11.4 Å². The van der Waals surface area contributed by atoms with E-state index in [2.05, 4.69) is 31.1 Å².